The van der Waals surface area contributed by atoms with Gasteiger partial charge in [-0.3, -0.25) is 9.89 Å². The largest absolute Gasteiger partial charge is 0.494 e. The predicted molar refractivity (Wildman–Crippen MR) is 73.6 cm³/mol. The van der Waals surface area contributed by atoms with Gasteiger partial charge in [-0.1, -0.05) is 11.8 Å². The summed E-state index contributed by atoms with van der Waals surface area (Å²) in [5, 5.41) is 6.91. The average Bonchev–Trinajstić information content (AvgIpc) is 2.92. The van der Waals surface area contributed by atoms with E-state index in [0.29, 0.717) is 17.3 Å². The molecule has 6 heteroatoms. The molecule has 0 aliphatic rings. The molecule has 100 valence electrons. The Morgan fingerprint density at radius 3 is 2.74 bits per heavy atom. The first-order valence-corrected chi connectivity index (χ1v) is 6.87. The second-order valence-electron chi connectivity index (χ2n) is 3.87. The second-order valence-corrected chi connectivity index (χ2v) is 5.20. The van der Waals surface area contributed by atoms with E-state index >= 15 is 0 Å². The number of Topliss-reactive ketones (excluding diaryl/α,β-unsaturated/α-hetero) is 1. The monoisotopic (exact) mass is 277 g/mol. The molecule has 19 heavy (non-hydrogen) atoms. The summed E-state index contributed by atoms with van der Waals surface area (Å²) in [7, 11) is 0. The number of hydrogen-bond donors (Lipinski definition) is 1. The third-order valence-corrected chi connectivity index (χ3v) is 3.49. The number of ketones is 1. The van der Waals surface area contributed by atoms with Crippen LogP contribution in [-0.2, 0) is 0 Å². The fourth-order valence-corrected chi connectivity index (χ4v) is 2.38. The van der Waals surface area contributed by atoms with Crippen molar-refractivity contribution in [2.45, 2.75) is 24.3 Å². The number of benzene rings is 1. The minimum Gasteiger partial charge on any atom is -0.494 e. The molecule has 1 N–H and O–H groups in total. The minimum absolute atomic E-state index is 0.0597. The van der Waals surface area contributed by atoms with Crippen molar-refractivity contribution in [3.8, 4) is 5.75 Å². The van der Waals surface area contributed by atoms with Crippen molar-refractivity contribution in [3.05, 3.63) is 36.2 Å². The number of H-pyrrole nitrogens is 1. The van der Waals surface area contributed by atoms with Gasteiger partial charge in [0.15, 0.2) is 10.9 Å². The fraction of sp³-hybridized carbons (Fsp3) is 0.308. The summed E-state index contributed by atoms with van der Waals surface area (Å²) in [4.78, 5) is 16.2. The molecule has 0 fully saturated rings. The first-order chi connectivity index (χ1) is 9.20. The van der Waals surface area contributed by atoms with Gasteiger partial charge in [-0.15, -0.1) is 0 Å². The van der Waals surface area contributed by atoms with Crippen LogP contribution >= 0.6 is 11.8 Å². The van der Waals surface area contributed by atoms with Crippen LogP contribution in [0.4, 0.5) is 0 Å². The maximum absolute atomic E-state index is 12.2. The van der Waals surface area contributed by atoms with Crippen molar-refractivity contribution < 1.29 is 9.53 Å². The van der Waals surface area contributed by atoms with Crippen molar-refractivity contribution in [2.75, 3.05) is 6.61 Å². The predicted octanol–water partition coefficient (Wildman–Crippen LogP) is 2.57. The average molecular weight is 277 g/mol. The van der Waals surface area contributed by atoms with Crippen LogP contribution in [0.2, 0.25) is 0 Å². The Morgan fingerprint density at radius 2 is 2.16 bits per heavy atom. The molecule has 1 atom stereocenters. The lowest BCUT2D eigenvalue weighted by atomic mass is 10.1. The molecule has 0 aliphatic heterocycles. The Bertz CT molecular complexity index is 525. The number of aromatic amines is 1. The minimum atomic E-state index is -0.217. The second kappa shape index (κ2) is 6.38. The van der Waals surface area contributed by atoms with Crippen molar-refractivity contribution in [3.63, 3.8) is 0 Å². The maximum atomic E-state index is 12.2. The van der Waals surface area contributed by atoms with Crippen molar-refractivity contribution in [1.82, 2.24) is 15.2 Å². The number of ether oxygens (including phenoxy) is 1. The summed E-state index contributed by atoms with van der Waals surface area (Å²) in [6.07, 6.45) is 1.43. The Hall–Kier alpha value is -1.82. The smallest absolute Gasteiger partial charge is 0.184 e. The molecule has 0 saturated carbocycles. The van der Waals surface area contributed by atoms with Gasteiger partial charge in [0.05, 0.1) is 11.9 Å². The first kappa shape index (κ1) is 13.6. The number of aromatic nitrogens is 3. The van der Waals surface area contributed by atoms with Gasteiger partial charge in [0.2, 0.25) is 0 Å². The van der Waals surface area contributed by atoms with E-state index < -0.39 is 0 Å². The third-order valence-electron chi connectivity index (χ3n) is 2.50. The van der Waals surface area contributed by atoms with Crippen LogP contribution in [0, 0.1) is 0 Å². The van der Waals surface area contributed by atoms with Crippen LogP contribution < -0.4 is 4.74 Å². The Kier molecular flexibility index (Phi) is 4.57. The summed E-state index contributed by atoms with van der Waals surface area (Å²) >= 11 is 1.36. The molecule has 0 aliphatic carbocycles. The number of carbonyl (C=O) groups excluding carboxylic acids is 1. The van der Waals surface area contributed by atoms with E-state index in [1.165, 1.54) is 18.1 Å². The van der Waals surface area contributed by atoms with Gasteiger partial charge in [-0.25, -0.2) is 4.98 Å². The summed E-state index contributed by atoms with van der Waals surface area (Å²) in [6.45, 7) is 4.40. The number of nitrogens with one attached hydrogen (secondary N) is 1. The molecule has 0 spiro atoms. The molecule has 1 aromatic heterocycles. The summed E-state index contributed by atoms with van der Waals surface area (Å²) in [6, 6.07) is 7.18. The lowest BCUT2D eigenvalue weighted by molar-refractivity contribution is 0.0994. The summed E-state index contributed by atoms with van der Waals surface area (Å²) in [5.74, 6) is 0.832. The zero-order valence-corrected chi connectivity index (χ0v) is 11.6. The maximum Gasteiger partial charge on any atom is 0.184 e. The quantitative estimate of drug-likeness (QED) is 0.649. The molecule has 0 radical (unpaired) electrons. The van der Waals surface area contributed by atoms with Gasteiger partial charge in [0, 0.05) is 5.56 Å². The topological polar surface area (TPSA) is 67.9 Å². The van der Waals surface area contributed by atoms with E-state index in [2.05, 4.69) is 15.2 Å². The van der Waals surface area contributed by atoms with Crippen molar-refractivity contribution >= 4 is 17.5 Å². The van der Waals surface area contributed by atoms with Crippen LogP contribution in [0.15, 0.2) is 35.7 Å². The molecule has 2 rings (SSSR count). The Balaban J connectivity index is 2.02. The van der Waals surface area contributed by atoms with Crippen LogP contribution in [0.1, 0.15) is 24.2 Å². The van der Waals surface area contributed by atoms with Gasteiger partial charge in [0.1, 0.15) is 12.1 Å². The highest BCUT2D eigenvalue weighted by Crippen LogP contribution is 2.22. The molecular formula is C13H15N3O2S. The van der Waals surface area contributed by atoms with E-state index in [1.807, 2.05) is 26.0 Å². The third kappa shape index (κ3) is 3.57. The van der Waals surface area contributed by atoms with E-state index in [1.54, 1.807) is 12.1 Å². The van der Waals surface area contributed by atoms with Crippen molar-refractivity contribution in [2.24, 2.45) is 0 Å². The van der Waals surface area contributed by atoms with E-state index in [0.717, 1.165) is 5.75 Å². The Morgan fingerprint density at radius 1 is 1.42 bits per heavy atom. The van der Waals surface area contributed by atoms with Crippen molar-refractivity contribution in [1.29, 1.82) is 0 Å². The van der Waals surface area contributed by atoms with Gasteiger partial charge in [-0.05, 0) is 38.1 Å². The Labute approximate surface area is 115 Å². The lowest BCUT2D eigenvalue weighted by Crippen LogP contribution is -2.13. The SMILES string of the molecule is CCOc1ccc(C(=O)[C@@H](C)Sc2ncn[nH]2)cc1. The number of thioether (sulfide) groups is 1. The number of nitrogens with zero attached hydrogens (tertiary/aromatic N) is 2. The zero-order chi connectivity index (χ0) is 13.7. The molecule has 1 aromatic carbocycles. The van der Waals surface area contributed by atoms with Crippen LogP contribution in [-0.4, -0.2) is 32.8 Å². The zero-order valence-electron chi connectivity index (χ0n) is 10.8. The van der Waals surface area contributed by atoms with Crippen LogP contribution in [0.3, 0.4) is 0 Å². The first-order valence-electron chi connectivity index (χ1n) is 5.99. The molecule has 0 saturated heterocycles. The van der Waals surface area contributed by atoms with E-state index in [-0.39, 0.29) is 11.0 Å². The van der Waals surface area contributed by atoms with Gasteiger partial charge < -0.3 is 4.74 Å². The number of carbonyl (C=O) groups is 1. The highest BCUT2D eigenvalue weighted by Gasteiger charge is 2.17. The highest BCUT2D eigenvalue weighted by molar-refractivity contribution is 8.00. The molecule has 5 nitrogen and oxygen atoms in total. The molecule has 0 unspecified atom stereocenters. The van der Waals surface area contributed by atoms with Gasteiger partial charge in [-0.2, -0.15) is 5.10 Å². The molecule has 0 amide bonds. The molecular weight excluding hydrogens is 262 g/mol. The standard InChI is InChI=1S/C13H15N3O2S/c1-3-18-11-6-4-10(5-7-11)12(17)9(2)19-13-14-8-15-16-13/h4-9H,3H2,1-2H3,(H,14,15,16)/t9-/m1/s1. The normalized spacial score (nSPS) is 12.1. The fourth-order valence-electron chi connectivity index (χ4n) is 1.59. The van der Waals surface area contributed by atoms with Crippen LogP contribution in [0.5, 0.6) is 5.75 Å². The molecule has 1 heterocycles. The van der Waals surface area contributed by atoms with E-state index in [4.69, 9.17) is 4.74 Å². The van der Waals surface area contributed by atoms with E-state index in [9.17, 15) is 4.79 Å². The number of hydrogen-bond acceptors (Lipinski definition) is 5. The summed E-state index contributed by atoms with van der Waals surface area (Å²) in [5.41, 5.74) is 0.669. The number of rotatable bonds is 6. The highest BCUT2D eigenvalue weighted by atomic mass is 32.2. The molecule has 0 bridgehead atoms. The van der Waals surface area contributed by atoms with Gasteiger partial charge >= 0.3 is 0 Å². The summed E-state index contributed by atoms with van der Waals surface area (Å²) < 4.78 is 5.35. The van der Waals surface area contributed by atoms with Gasteiger partial charge in [0.25, 0.3) is 0 Å². The molecule has 2 aromatic rings. The van der Waals surface area contributed by atoms with Crippen LogP contribution in [0.25, 0.3) is 0 Å². The lowest BCUT2D eigenvalue weighted by Gasteiger charge is -2.09.